The van der Waals surface area contributed by atoms with Crippen molar-refractivity contribution in [1.29, 1.82) is 0 Å². The number of hydrogen-bond acceptors (Lipinski definition) is 2. The Bertz CT molecular complexity index is 4810. The minimum atomic E-state index is -0.0906. The lowest BCUT2D eigenvalue weighted by Gasteiger charge is -2.29. The maximum atomic E-state index is 2.44. The van der Waals surface area contributed by atoms with Crippen LogP contribution in [0.1, 0.15) is 62.4 Å². The highest BCUT2D eigenvalue weighted by Gasteiger charge is 2.36. The van der Waals surface area contributed by atoms with Gasteiger partial charge >= 0.3 is 0 Å². The minimum absolute atomic E-state index is 0.0577. The zero-order chi connectivity index (χ0) is 62.2. The summed E-state index contributed by atoms with van der Waals surface area (Å²) in [5.41, 5.74) is 28.3. The zero-order valence-electron chi connectivity index (χ0n) is 53.0. The third-order valence-corrected chi connectivity index (χ3v) is 18.4. The number of fused-ring (bicyclic) bond motifs is 5. The fourth-order valence-electron chi connectivity index (χ4n) is 13.7. The molecular formula is C89H74N2. The molecule has 0 atom stereocenters. The molecule has 0 saturated heterocycles. The maximum absolute atomic E-state index is 2.44. The molecule has 0 heterocycles. The number of benzene rings is 14. The summed E-state index contributed by atoms with van der Waals surface area (Å²) < 4.78 is 0. The largest absolute Gasteiger partial charge is 0.310 e. The van der Waals surface area contributed by atoms with Crippen molar-refractivity contribution in [2.45, 2.75) is 59.3 Å². The van der Waals surface area contributed by atoms with Gasteiger partial charge in [-0.15, -0.1) is 0 Å². The van der Waals surface area contributed by atoms with Gasteiger partial charge in [0, 0.05) is 39.5 Å². The molecule has 2 nitrogen and oxygen atoms in total. The molecule has 0 saturated carbocycles. The van der Waals surface area contributed by atoms with Gasteiger partial charge in [0.05, 0.1) is 0 Å². The molecule has 0 bridgehead atoms. The SMILES string of the molecule is CC(C)(C)c1ccc2cc(N(c3ccc(-c4ccccc4)cc3)c3ccc4c(c3)C(C)(C)c3ccccc3-4)cc(-c3ccccc3)c2c1.Cc1cc(C)c2c(-c3ccccc3)cc(N(c3ccc(-c4ccccc4)cc3)c3ccc(-c4ccccc4)cc3)cc2c1. The molecule has 14 aromatic rings. The van der Waals surface area contributed by atoms with Crippen LogP contribution in [0.5, 0.6) is 0 Å². The van der Waals surface area contributed by atoms with Crippen LogP contribution in [0.25, 0.3) is 88.3 Å². The Kier molecular flexibility index (Phi) is 15.5. The van der Waals surface area contributed by atoms with Crippen LogP contribution < -0.4 is 9.80 Å². The van der Waals surface area contributed by atoms with Gasteiger partial charge in [0.2, 0.25) is 0 Å². The van der Waals surface area contributed by atoms with Crippen molar-refractivity contribution >= 4 is 55.7 Å². The third-order valence-electron chi connectivity index (χ3n) is 18.4. The summed E-state index contributed by atoms with van der Waals surface area (Å²) in [7, 11) is 0. The van der Waals surface area contributed by atoms with E-state index < -0.39 is 0 Å². The van der Waals surface area contributed by atoms with Crippen molar-refractivity contribution < 1.29 is 0 Å². The van der Waals surface area contributed by atoms with Gasteiger partial charge in [-0.3, -0.25) is 0 Å². The first-order valence-electron chi connectivity index (χ1n) is 31.9. The minimum Gasteiger partial charge on any atom is -0.310 e. The van der Waals surface area contributed by atoms with Gasteiger partial charge in [-0.05, 0) is 209 Å². The quantitative estimate of drug-likeness (QED) is 0.127. The van der Waals surface area contributed by atoms with Gasteiger partial charge < -0.3 is 9.80 Å². The van der Waals surface area contributed by atoms with E-state index in [2.05, 4.69) is 380 Å². The van der Waals surface area contributed by atoms with Crippen LogP contribution in [-0.2, 0) is 10.8 Å². The molecule has 0 fully saturated rings. The summed E-state index contributed by atoms with van der Waals surface area (Å²) in [4.78, 5) is 4.82. The third kappa shape index (κ3) is 11.5. The molecule has 0 radical (unpaired) electrons. The maximum Gasteiger partial charge on any atom is 0.0474 e. The van der Waals surface area contributed by atoms with Gasteiger partial charge in [-0.25, -0.2) is 0 Å². The van der Waals surface area contributed by atoms with Crippen LogP contribution in [0, 0.1) is 13.8 Å². The van der Waals surface area contributed by atoms with Crippen molar-refractivity contribution in [2.75, 3.05) is 9.80 Å². The Labute approximate surface area is 537 Å². The van der Waals surface area contributed by atoms with Crippen molar-refractivity contribution in [1.82, 2.24) is 0 Å². The fraction of sp³-hybridized carbons (Fsp3) is 0.101. The molecule has 1 aliphatic rings. The van der Waals surface area contributed by atoms with Crippen LogP contribution in [0.4, 0.5) is 34.1 Å². The molecule has 0 aromatic heterocycles. The van der Waals surface area contributed by atoms with E-state index in [1.54, 1.807) is 0 Å². The molecule has 2 heteroatoms. The predicted octanol–water partition coefficient (Wildman–Crippen LogP) is 25.2. The van der Waals surface area contributed by atoms with Crippen LogP contribution in [0.2, 0.25) is 0 Å². The molecule has 0 unspecified atom stereocenters. The number of hydrogen-bond donors (Lipinski definition) is 0. The predicted molar refractivity (Wildman–Crippen MR) is 390 cm³/mol. The Morgan fingerprint density at radius 2 is 0.670 bits per heavy atom. The van der Waals surface area contributed by atoms with Crippen molar-refractivity contribution in [3.8, 4) is 66.8 Å². The number of nitrogens with zero attached hydrogens (tertiary/aromatic N) is 2. The molecule has 91 heavy (non-hydrogen) atoms. The summed E-state index contributed by atoms with van der Waals surface area (Å²) in [6.07, 6.45) is 0. The average molecular weight is 1170 g/mol. The summed E-state index contributed by atoms with van der Waals surface area (Å²) in [6.45, 7) is 16.0. The second kappa shape index (κ2) is 24.3. The van der Waals surface area contributed by atoms with Crippen molar-refractivity contribution in [3.05, 3.63) is 349 Å². The fourth-order valence-corrected chi connectivity index (χ4v) is 13.7. The van der Waals surface area contributed by atoms with E-state index in [9.17, 15) is 0 Å². The Morgan fingerprint density at radius 3 is 1.16 bits per heavy atom. The first-order valence-corrected chi connectivity index (χ1v) is 31.9. The molecule has 15 rings (SSSR count). The molecule has 0 amide bonds. The van der Waals surface area contributed by atoms with E-state index >= 15 is 0 Å². The smallest absolute Gasteiger partial charge is 0.0474 e. The van der Waals surface area contributed by atoms with Gasteiger partial charge in [0.25, 0.3) is 0 Å². The van der Waals surface area contributed by atoms with Crippen molar-refractivity contribution in [3.63, 3.8) is 0 Å². The second-order valence-electron chi connectivity index (χ2n) is 25.9. The first kappa shape index (κ1) is 57.9. The Hall–Kier alpha value is -10.8. The molecule has 0 N–H and O–H groups in total. The van der Waals surface area contributed by atoms with Crippen molar-refractivity contribution in [2.24, 2.45) is 0 Å². The topological polar surface area (TPSA) is 6.48 Å². The van der Waals surface area contributed by atoms with E-state index in [4.69, 9.17) is 0 Å². The van der Waals surface area contributed by atoms with Gasteiger partial charge in [-0.1, -0.05) is 283 Å². The summed E-state index contributed by atoms with van der Waals surface area (Å²) in [5, 5.41) is 5.07. The van der Waals surface area contributed by atoms with Gasteiger partial charge in [0.1, 0.15) is 0 Å². The number of anilines is 6. The normalized spacial score (nSPS) is 12.2. The van der Waals surface area contributed by atoms with Crippen LogP contribution >= 0.6 is 0 Å². The van der Waals surface area contributed by atoms with E-state index in [-0.39, 0.29) is 10.8 Å². The first-order chi connectivity index (χ1) is 44.3. The summed E-state index contributed by atoms with van der Waals surface area (Å²) in [5.74, 6) is 0. The lowest BCUT2D eigenvalue weighted by atomic mass is 9.82. The Morgan fingerprint density at radius 1 is 0.275 bits per heavy atom. The van der Waals surface area contributed by atoms with E-state index in [0.717, 1.165) is 34.1 Å². The molecular weight excluding hydrogens is 1100 g/mol. The van der Waals surface area contributed by atoms with E-state index in [1.165, 1.54) is 116 Å². The van der Waals surface area contributed by atoms with Gasteiger partial charge in [0.15, 0.2) is 0 Å². The van der Waals surface area contributed by atoms with E-state index in [1.807, 2.05) is 0 Å². The van der Waals surface area contributed by atoms with Gasteiger partial charge in [-0.2, -0.15) is 0 Å². The van der Waals surface area contributed by atoms with Crippen LogP contribution in [0.3, 0.4) is 0 Å². The molecule has 14 aromatic carbocycles. The van der Waals surface area contributed by atoms with Crippen LogP contribution in [0.15, 0.2) is 322 Å². The lowest BCUT2D eigenvalue weighted by molar-refractivity contribution is 0.591. The zero-order valence-corrected chi connectivity index (χ0v) is 53.0. The average Bonchev–Trinajstić information content (AvgIpc) is 1.57. The monoisotopic (exact) mass is 1170 g/mol. The molecule has 440 valence electrons. The number of aryl methyl sites for hydroxylation is 2. The number of rotatable bonds is 11. The highest BCUT2D eigenvalue weighted by atomic mass is 15.1. The highest BCUT2D eigenvalue weighted by molar-refractivity contribution is 6.04. The molecule has 0 aliphatic heterocycles. The molecule has 1 aliphatic carbocycles. The Balaban J connectivity index is 0.000000159. The lowest BCUT2D eigenvalue weighted by Crippen LogP contribution is -2.16. The van der Waals surface area contributed by atoms with Crippen LogP contribution in [-0.4, -0.2) is 0 Å². The molecule has 0 spiro atoms. The highest BCUT2D eigenvalue weighted by Crippen LogP contribution is 2.52. The second-order valence-corrected chi connectivity index (χ2v) is 25.9. The summed E-state index contributed by atoms with van der Waals surface area (Å²) in [6, 6.07) is 117. The standard InChI is InChI=1S/C47H41N.C42H33N/c1-46(2,3)36-23-20-35-28-39(30-43(42(35)29-36)34-16-10-7-11-17-34)48(37-24-21-33(22-25-37)32-14-8-6-9-15-32)38-26-27-41-40-18-12-13-19-44(40)47(4,5)45(41)31-38;1-30-26-31(2)42-37(27-30)28-40(29-41(42)36-16-10-5-11-17-36)43(38-22-18-34(19-23-38)32-12-6-3-7-13-32)39-24-20-35(21-25-39)33-14-8-4-9-15-33/h6-31H,1-5H3;3-29H,1-2H3. The summed E-state index contributed by atoms with van der Waals surface area (Å²) >= 11 is 0. The van der Waals surface area contributed by atoms with E-state index in [0.29, 0.717) is 0 Å².